The van der Waals surface area contributed by atoms with Gasteiger partial charge in [0.2, 0.25) is 0 Å². The maximum Gasteiger partial charge on any atom is 0.338 e. The Morgan fingerprint density at radius 3 is 2.47 bits per heavy atom. The van der Waals surface area contributed by atoms with Crippen LogP contribution in [0.1, 0.15) is 79.1 Å². The lowest BCUT2D eigenvalue weighted by Crippen LogP contribution is -2.62. The first-order valence-electron chi connectivity index (χ1n) is 13.4. The summed E-state index contributed by atoms with van der Waals surface area (Å²) in [4.78, 5) is 25.9. The van der Waals surface area contributed by atoms with Gasteiger partial charge in [0, 0.05) is 11.3 Å². The van der Waals surface area contributed by atoms with Gasteiger partial charge in [0.1, 0.15) is 11.7 Å². The van der Waals surface area contributed by atoms with Gasteiger partial charge in [-0.1, -0.05) is 19.9 Å². The Morgan fingerprint density at radius 2 is 1.71 bits per heavy atom. The molecule has 4 unspecified atom stereocenters. The number of carbonyl (C=O) groups excluding carboxylic acids is 2. The molecule has 2 aliphatic heterocycles. The van der Waals surface area contributed by atoms with Crippen LogP contribution in [0, 0.1) is 39.9 Å². The first-order valence-corrected chi connectivity index (χ1v) is 13.4. The minimum Gasteiger partial charge on any atom is -0.460 e. The van der Waals surface area contributed by atoms with Crippen LogP contribution < -0.4 is 0 Å². The number of carbonyl (C=O) groups is 2. The molecule has 2 bridgehead atoms. The van der Waals surface area contributed by atoms with Gasteiger partial charge in [-0.25, -0.2) is 4.79 Å². The third-order valence-corrected chi connectivity index (χ3v) is 13.0. The molecule has 2 saturated heterocycles. The summed E-state index contributed by atoms with van der Waals surface area (Å²) < 4.78 is 12.1. The van der Waals surface area contributed by atoms with E-state index < -0.39 is 28.0 Å². The summed E-state index contributed by atoms with van der Waals surface area (Å²) in [6.07, 6.45) is 10.00. The lowest BCUT2D eigenvalue weighted by atomic mass is 9.44. The molecule has 6 fully saturated rings. The summed E-state index contributed by atoms with van der Waals surface area (Å²) >= 11 is 0. The molecule has 1 spiro atoms. The van der Waals surface area contributed by atoms with Crippen molar-refractivity contribution in [1.29, 1.82) is 0 Å². The normalized spacial score (nSPS) is 63.5. The highest BCUT2D eigenvalue weighted by atomic mass is 16.6. The van der Waals surface area contributed by atoms with Crippen LogP contribution in [-0.4, -0.2) is 51.0 Å². The summed E-state index contributed by atoms with van der Waals surface area (Å²) in [5.74, 6) is 0.459. The topological polar surface area (TPSA) is 96.4 Å². The van der Waals surface area contributed by atoms with Crippen LogP contribution in [0.25, 0.3) is 0 Å². The fraction of sp³-hybridized carbons (Fsp3) is 0.857. The SMILES string of the molecule is C[C@@]12CC([C@@]3(O)CCC4C5C[C@@H]6O[C@]67CC=CC(=O)[C@]7(C)C5CC[C@@]43C)[C@@H](C1)OC(=O)[C@]2(C)O. The Bertz CT molecular complexity index is 1030. The molecule has 2 N–H and O–H groups in total. The van der Waals surface area contributed by atoms with Crippen LogP contribution in [0.2, 0.25) is 0 Å². The fourth-order valence-corrected chi connectivity index (χ4v) is 10.5. The first-order chi connectivity index (χ1) is 15.8. The Morgan fingerprint density at radius 1 is 0.971 bits per heavy atom. The van der Waals surface area contributed by atoms with Gasteiger partial charge in [-0.3, -0.25) is 4.79 Å². The third-order valence-electron chi connectivity index (χ3n) is 13.0. The molecule has 34 heavy (non-hydrogen) atoms. The molecule has 2 heterocycles. The van der Waals surface area contributed by atoms with E-state index in [9.17, 15) is 19.8 Å². The van der Waals surface area contributed by atoms with E-state index in [0.717, 1.165) is 32.1 Å². The lowest BCUT2D eigenvalue weighted by molar-refractivity contribution is -0.200. The van der Waals surface area contributed by atoms with E-state index in [-0.39, 0.29) is 40.8 Å². The van der Waals surface area contributed by atoms with Crippen molar-refractivity contribution in [3.8, 4) is 0 Å². The van der Waals surface area contributed by atoms with Crippen molar-refractivity contribution in [2.45, 2.75) is 108 Å². The first kappa shape index (κ1) is 22.0. The minimum atomic E-state index is -1.52. The van der Waals surface area contributed by atoms with E-state index in [4.69, 9.17) is 9.47 Å². The molecule has 4 saturated carbocycles. The lowest BCUT2D eigenvalue weighted by Gasteiger charge is -2.59. The van der Waals surface area contributed by atoms with E-state index in [1.807, 2.05) is 13.0 Å². The molecular weight excluding hydrogens is 432 g/mol. The number of aliphatic hydroxyl groups is 2. The summed E-state index contributed by atoms with van der Waals surface area (Å²) in [7, 11) is 0. The van der Waals surface area contributed by atoms with Gasteiger partial charge in [-0.2, -0.15) is 0 Å². The molecule has 6 heteroatoms. The number of epoxide rings is 1. The number of hydrogen-bond acceptors (Lipinski definition) is 6. The van der Waals surface area contributed by atoms with E-state index in [2.05, 4.69) is 13.8 Å². The average Bonchev–Trinajstić information content (AvgIpc) is 3.27. The van der Waals surface area contributed by atoms with Gasteiger partial charge >= 0.3 is 5.97 Å². The molecule has 186 valence electrons. The number of allylic oxidation sites excluding steroid dienone is 1. The number of rotatable bonds is 1. The predicted molar refractivity (Wildman–Crippen MR) is 122 cm³/mol. The van der Waals surface area contributed by atoms with Crippen molar-refractivity contribution >= 4 is 11.8 Å². The van der Waals surface area contributed by atoms with Gasteiger partial charge in [0.25, 0.3) is 0 Å². The molecule has 12 atom stereocenters. The van der Waals surface area contributed by atoms with E-state index >= 15 is 0 Å². The molecular formula is C28H38O6. The Labute approximate surface area is 201 Å². The molecule has 6 nitrogen and oxygen atoms in total. The number of ether oxygens (including phenoxy) is 2. The van der Waals surface area contributed by atoms with Crippen LogP contribution >= 0.6 is 0 Å². The van der Waals surface area contributed by atoms with E-state index in [1.165, 1.54) is 0 Å². The smallest absolute Gasteiger partial charge is 0.338 e. The van der Waals surface area contributed by atoms with E-state index in [1.54, 1.807) is 13.0 Å². The third kappa shape index (κ3) is 2.11. The predicted octanol–water partition coefficient (Wildman–Crippen LogP) is 3.33. The van der Waals surface area contributed by atoms with Crippen LogP contribution in [-0.2, 0) is 19.1 Å². The zero-order valence-corrected chi connectivity index (χ0v) is 20.8. The molecule has 5 aliphatic carbocycles. The van der Waals surface area contributed by atoms with Crippen LogP contribution in [0.5, 0.6) is 0 Å². The molecule has 7 aliphatic rings. The highest BCUT2D eigenvalue weighted by Gasteiger charge is 2.79. The monoisotopic (exact) mass is 470 g/mol. The number of fused-ring (bicyclic) bond motifs is 6. The maximum atomic E-state index is 13.3. The van der Waals surface area contributed by atoms with Gasteiger partial charge in [-0.05, 0) is 94.5 Å². The van der Waals surface area contributed by atoms with Crippen LogP contribution in [0.3, 0.4) is 0 Å². The second-order valence-electron chi connectivity index (χ2n) is 13.8. The minimum absolute atomic E-state index is 0.143. The molecule has 0 aromatic heterocycles. The summed E-state index contributed by atoms with van der Waals surface area (Å²) in [6, 6.07) is 0. The highest BCUT2D eigenvalue weighted by molar-refractivity contribution is 5.97. The van der Waals surface area contributed by atoms with Crippen molar-refractivity contribution in [1.82, 2.24) is 0 Å². The summed E-state index contributed by atoms with van der Waals surface area (Å²) in [5, 5.41) is 23.5. The average molecular weight is 471 g/mol. The van der Waals surface area contributed by atoms with Gasteiger partial charge < -0.3 is 19.7 Å². The second kappa shape index (κ2) is 6.00. The van der Waals surface area contributed by atoms with E-state index in [0.29, 0.717) is 31.1 Å². The highest BCUT2D eigenvalue weighted by Crippen LogP contribution is 2.74. The van der Waals surface area contributed by atoms with Crippen molar-refractivity contribution in [2.24, 2.45) is 39.9 Å². The summed E-state index contributed by atoms with van der Waals surface area (Å²) in [5.41, 5.74) is -4.13. The van der Waals surface area contributed by atoms with Gasteiger partial charge in [0.15, 0.2) is 11.4 Å². The molecule has 0 aromatic carbocycles. The summed E-state index contributed by atoms with van der Waals surface area (Å²) in [6.45, 7) is 7.96. The maximum absolute atomic E-state index is 13.3. The van der Waals surface area contributed by atoms with Crippen molar-refractivity contribution in [3.63, 3.8) is 0 Å². The molecule has 7 rings (SSSR count). The molecule has 0 radical (unpaired) electrons. The Balaban J connectivity index is 1.24. The fourth-order valence-electron chi connectivity index (χ4n) is 10.5. The number of esters is 1. The zero-order chi connectivity index (χ0) is 24.1. The van der Waals surface area contributed by atoms with Crippen LogP contribution in [0.4, 0.5) is 0 Å². The second-order valence-corrected chi connectivity index (χ2v) is 13.8. The van der Waals surface area contributed by atoms with Gasteiger partial charge in [0.05, 0.1) is 17.1 Å². The Kier molecular flexibility index (Phi) is 3.88. The molecule has 0 amide bonds. The quantitative estimate of drug-likeness (QED) is 0.451. The molecule has 0 aromatic rings. The standard InChI is InChI=1S/C28H38O6/c1-23-13-18(19(14-23)33-22(30)26(23,4)31)27(32)11-8-16-15-12-21-28(34-21)9-5-6-20(29)25(28,3)17(15)7-10-24(16,27)2/h5-6,15-19,21,31-32H,7-14H2,1-4H3/t15?,16?,17?,18?,19-,21+,23-,24+,25+,26+,27+,28-/m1/s1. The van der Waals surface area contributed by atoms with Crippen molar-refractivity contribution in [3.05, 3.63) is 12.2 Å². The largest absolute Gasteiger partial charge is 0.460 e. The number of ketones is 1. The van der Waals surface area contributed by atoms with Crippen LogP contribution in [0.15, 0.2) is 12.2 Å². The number of hydrogen-bond donors (Lipinski definition) is 2. The Hall–Kier alpha value is -1.24. The zero-order valence-electron chi connectivity index (χ0n) is 20.8. The van der Waals surface area contributed by atoms with Gasteiger partial charge in [-0.15, -0.1) is 0 Å². The van der Waals surface area contributed by atoms with Crippen molar-refractivity contribution in [2.75, 3.05) is 0 Å². The van der Waals surface area contributed by atoms with Crippen molar-refractivity contribution < 1.29 is 29.3 Å².